The number of aliphatic hydroxyl groups is 3. The van der Waals surface area contributed by atoms with Gasteiger partial charge in [-0.1, -0.05) is 25.5 Å². The van der Waals surface area contributed by atoms with Crippen LogP contribution in [0, 0.1) is 5.92 Å². The molecule has 2 aliphatic heterocycles. The summed E-state index contributed by atoms with van der Waals surface area (Å²) in [4.78, 5) is 27.7. The number of amides is 1. The molecule has 0 aliphatic carbocycles. The fourth-order valence-electron chi connectivity index (χ4n) is 5.21. The first-order valence-electron chi connectivity index (χ1n) is 13.3. The molecule has 0 saturated carbocycles. The second-order valence-electron chi connectivity index (χ2n) is 10.2. The van der Waals surface area contributed by atoms with Gasteiger partial charge in [-0.25, -0.2) is 4.79 Å². The monoisotopic (exact) mass is 632 g/mol. The lowest BCUT2D eigenvalue weighted by Crippen LogP contribution is -2.66. The number of aliphatic hydroxyl groups excluding tert-OH is 3. The van der Waals surface area contributed by atoms with Crippen molar-refractivity contribution in [1.82, 2.24) is 10.2 Å². The second-order valence-corrected chi connectivity index (χ2v) is 12.3. The van der Waals surface area contributed by atoms with Crippen molar-refractivity contribution in [2.24, 2.45) is 5.92 Å². The van der Waals surface area contributed by atoms with Gasteiger partial charge in [0, 0.05) is 23.9 Å². The number of thioether (sulfide) groups is 1. The number of nitrogens with zero attached hydrogens (tertiary/aromatic N) is 1. The van der Waals surface area contributed by atoms with Crippen LogP contribution in [0.2, 0.25) is 0 Å². The molecule has 39 heavy (non-hydrogen) atoms. The molecule has 0 bridgehead atoms. The van der Waals surface area contributed by atoms with E-state index in [0.717, 1.165) is 37.6 Å². The highest BCUT2D eigenvalue weighted by Gasteiger charge is 2.49. The third-order valence-electron chi connectivity index (χ3n) is 7.47. The number of carbonyl (C=O) groups is 2. The SMILES string of the molecule is CCC[C@@H]1C[C@@H](C(=O)N[C@@H]([C@H]2O[C@H](SCCOC(=O)c3ccccc3Br)[C@H](O)[C@@H](O)[C@H]2O)[C@@H](C)OC)N(C)C1. The minimum Gasteiger partial charge on any atom is -0.461 e. The molecule has 2 saturated heterocycles. The number of hydrogen-bond donors (Lipinski definition) is 4. The van der Waals surface area contributed by atoms with E-state index in [9.17, 15) is 24.9 Å². The molecule has 2 aliphatic rings. The zero-order valence-corrected chi connectivity index (χ0v) is 25.3. The fourth-order valence-corrected chi connectivity index (χ4v) is 6.64. The van der Waals surface area contributed by atoms with Crippen molar-refractivity contribution in [2.45, 2.75) is 81.1 Å². The molecule has 9 atom stereocenters. The van der Waals surface area contributed by atoms with E-state index in [-0.39, 0.29) is 24.3 Å². The average Bonchev–Trinajstić information content (AvgIpc) is 3.29. The summed E-state index contributed by atoms with van der Waals surface area (Å²) in [6, 6.07) is 5.83. The summed E-state index contributed by atoms with van der Waals surface area (Å²) in [5, 5.41) is 35.1. The summed E-state index contributed by atoms with van der Waals surface area (Å²) in [6.07, 6.45) is -3.08. The van der Waals surface area contributed by atoms with Gasteiger partial charge >= 0.3 is 5.97 Å². The number of likely N-dealkylation sites (tertiary alicyclic amines) is 1. The predicted molar refractivity (Wildman–Crippen MR) is 151 cm³/mol. The topological polar surface area (TPSA) is 138 Å². The van der Waals surface area contributed by atoms with Crippen LogP contribution >= 0.6 is 27.7 Å². The Kier molecular flexibility index (Phi) is 12.5. The van der Waals surface area contributed by atoms with Gasteiger partial charge in [-0.3, -0.25) is 9.69 Å². The molecule has 1 aromatic carbocycles. The van der Waals surface area contributed by atoms with E-state index in [2.05, 4.69) is 28.2 Å². The van der Waals surface area contributed by atoms with Crippen LogP contribution in [-0.4, -0.2) is 113 Å². The van der Waals surface area contributed by atoms with Gasteiger partial charge in [-0.05, 0) is 60.8 Å². The van der Waals surface area contributed by atoms with Crippen LogP contribution < -0.4 is 5.32 Å². The highest BCUT2D eigenvalue weighted by Crippen LogP contribution is 2.32. The third-order valence-corrected chi connectivity index (χ3v) is 9.29. The highest BCUT2D eigenvalue weighted by atomic mass is 79.9. The number of rotatable bonds is 12. The number of likely N-dealkylation sites (N-methyl/N-ethyl adjacent to an activating group) is 1. The fraction of sp³-hybridized carbons (Fsp3) is 0.704. The normalized spacial score (nSPS) is 31.0. The zero-order valence-electron chi connectivity index (χ0n) is 22.9. The number of halogens is 1. The van der Waals surface area contributed by atoms with E-state index in [4.69, 9.17) is 14.2 Å². The lowest BCUT2D eigenvalue weighted by atomic mass is 9.91. The van der Waals surface area contributed by atoms with E-state index in [1.54, 1.807) is 31.2 Å². The summed E-state index contributed by atoms with van der Waals surface area (Å²) < 4.78 is 17.5. The van der Waals surface area contributed by atoms with Crippen LogP contribution in [0.5, 0.6) is 0 Å². The molecule has 10 nitrogen and oxygen atoms in total. The minimum absolute atomic E-state index is 0.0440. The molecule has 2 fully saturated rings. The van der Waals surface area contributed by atoms with Crippen molar-refractivity contribution in [1.29, 1.82) is 0 Å². The van der Waals surface area contributed by atoms with Crippen molar-refractivity contribution in [3.05, 3.63) is 34.3 Å². The van der Waals surface area contributed by atoms with Crippen LogP contribution in [0.25, 0.3) is 0 Å². The summed E-state index contributed by atoms with van der Waals surface area (Å²) >= 11 is 4.47. The minimum atomic E-state index is -1.50. The van der Waals surface area contributed by atoms with Gasteiger partial charge in [0.2, 0.25) is 5.91 Å². The molecule has 1 aromatic rings. The lowest BCUT2D eigenvalue weighted by molar-refractivity contribution is -0.212. The van der Waals surface area contributed by atoms with Crippen molar-refractivity contribution in [3.8, 4) is 0 Å². The van der Waals surface area contributed by atoms with Crippen molar-refractivity contribution in [3.63, 3.8) is 0 Å². The Morgan fingerprint density at radius 3 is 2.62 bits per heavy atom. The average molecular weight is 634 g/mol. The lowest BCUT2D eigenvalue weighted by Gasteiger charge is -2.44. The van der Waals surface area contributed by atoms with Gasteiger partial charge in [0.05, 0.1) is 23.8 Å². The Morgan fingerprint density at radius 2 is 1.95 bits per heavy atom. The maximum atomic E-state index is 13.3. The van der Waals surface area contributed by atoms with Crippen LogP contribution in [0.4, 0.5) is 0 Å². The Bertz CT molecular complexity index is 958. The Balaban J connectivity index is 1.63. The molecule has 2 heterocycles. The number of benzene rings is 1. The molecule has 3 rings (SSSR count). The number of esters is 1. The summed E-state index contributed by atoms with van der Waals surface area (Å²) in [5.74, 6) is 0.0389. The zero-order chi connectivity index (χ0) is 28.7. The molecule has 0 spiro atoms. The van der Waals surface area contributed by atoms with Gasteiger partial charge in [-0.15, -0.1) is 11.8 Å². The molecule has 0 aromatic heterocycles. The molecule has 0 radical (unpaired) electrons. The molecule has 12 heteroatoms. The molecular formula is C27H41BrN2O8S. The van der Waals surface area contributed by atoms with Crippen LogP contribution in [0.3, 0.4) is 0 Å². The maximum Gasteiger partial charge on any atom is 0.339 e. The predicted octanol–water partition coefficient (Wildman–Crippen LogP) is 1.79. The number of nitrogens with one attached hydrogen (secondary N) is 1. The molecular weight excluding hydrogens is 592 g/mol. The van der Waals surface area contributed by atoms with Crippen LogP contribution in [-0.2, 0) is 19.0 Å². The van der Waals surface area contributed by atoms with Crippen molar-refractivity contribution in [2.75, 3.05) is 33.1 Å². The third kappa shape index (κ3) is 8.16. The van der Waals surface area contributed by atoms with Crippen molar-refractivity contribution >= 4 is 39.6 Å². The molecule has 1 amide bonds. The first-order valence-corrected chi connectivity index (χ1v) is 15.2. The molecule has 220 valence electrons. The summed E-state index contributed by atoms with van der Waals surface area (Å²) in [7, 11) is 3.42. The molecule has 4 N–H and O–H groups in total. The smallest absolute Gasteiger partial charge is 0.339 e. The standard InChI is InChI=1S/C27H41BrN2O8S/c1-5-8-16-13-19(30(3)14-16)25(34)29-20(15(2)36-4)24-22(32)21(31)23(33)27(38-24)39-12-11-37-26(35)17-9-6-7-10-18(17)28/h6-7,9-10,15-16,19-24,27,31-33H,5,8,11-14H2,1-4H3,(H,29,34)/t15-,16-,19+,20-,21+,22-,23-,24-,27-/m1/s1. The van der Waals surface area contributed by atoms with Gasteiger partial charge in [0.15, 0.2) is 0 Å². The second kappa shape index (κ2) is 15.1. The van der Waals surface area contributed by atoms with Gasteiger partial charge in [-0.2, -0.15) is 0 Å². The Morgan fingerprint density at radius 1 is 1.23 bits per heavy atom. The van der Waals surface area contributed by atoms with Gasteiger partial charge < -0.3 is 34.8 Å². The highest BCUT2D eigenvalue weighted by molar-refractivity contribution is 9.10. The first-order chi connectivity index (χ1) is 18.6. The van der Waals surface area contributed by atoms with E-state index in [1.807, 2.05) is 11.9 Å². The Hall–Kier alpha value is -1.25. The maximum absolute atomic E-state index is 13.3. The van der Waals surface area contributed by atoms with E-state index in [0.29, 0.717) is 16.0 Å². The van der Waals surface area contributed by atoms with Gasteiger partial charge in [0.1, 0.15) is 36.5 Å². The number of methoxy groups -OCH3 is 1. The van der Waals surface area contributed by atoms with Crippen molar-refractivity contribution < 1.29 is 39.1 Å². The van der Waals surface area contributed by atoms with E-state index >= 15 is 0 Å². The van der Waals surface area contributed by atoms with Crippen LogP contribution in [0.1, 0.15) is 43.5 Å². The molecule has 0 unspecified atom stereocenters. The van der Waals surface area contributed by atoms with Crippen LogP contribution in [0.15, 0.2) is 28.7 Å². The van der Waals surface area contributed by atoms with E-state index in [1.165, 1.54) is 7.11 Å². The summed E-state index contributed by atoms with van der Waals surface area (Å²) in [6.45, 7) is 4.77. The quantitative estimate of drug-likeness (QED) is 0.199. The number of ether oxygens (including phenoxy) is 3. The first kappa shape index (κ1) is 32.3. The largest absolute Gasteiger partial charge is 0.461 e. The van der Waals surface area contributed by atoms with Gasteiger partial charge in [0.25, 0.3) is 0 Å². The number of hydrogen-bond acceptors (Lipinski definition) is 10. The summed E-state index contributed by atoms with van der Waals surface area (Å²) in [5.41, 5.74) is -0.529. The Labute approximate surface area is 242 Å². The number of carbonyl (C=O) groups excluding carboxylic acids is 2. The van der Waals surface area contributed by atoms with E-state index < -0.39 is 48.0 Å².